The number of carbonyl (C=O) groups is 2. The van der Waals surface area contributed by atoms with E-state index < -0.39 is 11.9 Å². The molecule has 2 aromatic carbocycles. The Balaban J connectivity index is 1.49. The number of benzene rings is 2. The van der Waals surface area contributed by atoms with Crippen molar-refractivity contribution < 1.29 is 19.8 Å². The summed E-state index contributed by atoms with van der Waals surface area (Å²) in [6, 6.07) is 23.8. The molecule has 0 aliphatic carbocycles. The third-order valence-corrected chi connectivity index (χ3v) is 10.3. The quantitative estimate of drug-likeness (QED) is 0.0947. The fraction of sp³-hybridized carbons (Fsp3) is 0.176. The molecule has 0 fully saturated rings. The Kier molecular flexibility index (Phi) is 9.66. The van der Waals surface area contributed by atoms with E-state index in [0.717, 1.165) is 67.9 Å². The number of carboxylic acids is 2. The van der Waals surface area contributed by atoms with Gasteiger partial charge in [0.1, 0.15) is 23.3 Å². The van der Waals surface area contributed by atoms with Crippen molar-refractivity contribution in [1.29, 1.82) is 10.5 Å². The van der Waals surface area contributed by atoms with Crippen LogP contribution in [-0.4, -0.2) is 28.7 Å². The minimum absolute atomic E-state index is 0.299. The number of rotatable bonds is 11. The molecule has 2 aromatic heterocycles. The Labute approximate surface area is 267 Å². The molecule has 4 aromatic rings. The molecule has 3 heterocycles. The summed E-state index contributed by atoms with van der Waals surface area (Å²) in [4.78, 5) is 30.5. The van der Waals surface area contributed by atoms with Gasteiger partial charge in [-0.15, -0.1) is 22.7 Å². The molecule has 5 rings (SSSR count). The Morgan fingerprint density at radius 1 is 0.750 bits per heavy atom. The van der Waals surface area contributed by atoms with Crippen LogP contribution in [0.1, 0.15) is 42.4 Å². The molecule has 0 bridgehead atoms. The first-order chi connectivity index (χ1) is 21.3. The summed E-state index contributed by atoms with van der Waals surface area (Å²) in [5.41, 5.74) is 3.72. The third kappa shape index (κ3) is 6.79. The molecular formula is C34H27N3O4S3. The van der Waals surface area contributed by atoms with E-state index in [4.69, 9.17) is 10.5 Å². The highest BCUT2D eigenvalue weighted by molar-refractivity contribution is 7.99. The normalized spacial score (nSPS) is 12.7. The number of unbranched alkanes of at least 4 members (excludes halogenated alkanes) is 3. The van der Waals surface area contributed by atoms with Crippen molar-refractivity contribution in [2.45, 2.75) is 42.4 Å². The number of hydrogen-bond donors (Lipinski definition) is 2. The number of nitrogens with zero attached hydrogens (tertiary/aromatic N) is 3. The molecule has 1 aliphatic rings. The second kappa shape index (κ2) is 13.8. The Morgan fingerprint density at radius 2 is 1.25 bits per heavy atom. The number of nitriles is 2. The first-order valence-corrected chi connectivity index (χ1v) is 16.4. The van der Waals surface area contributed by atoms with Crippen LogP contribution in [0, 0.1) is 22.7 Å². The molecule has 0 saturated heterocycles. The second-order valence-corrected chi connectivity index (χ2v) is 13.3. The van der Waals surface area contributed by atoms with E-state index in [1.807, 2.05) is 24.3 Å². The molecule has 0 amide bonds. The summed E-state index contributed by atoms with van der Waals surface area (Å²) in [7, 11) is 0. The molecule has 0 radical (unpaired) electrons. The topological polar surface area (TPSA) is 125 Å². The van der Waals surface area contributed by atoms with Gasteiger partial charge >= 0.3 is 11.9 Å². The van der Waals surface area contributed by atoms with Gasteiger partial charge in [0.15, 0.2) is 0 Å². The summed E-state index contributed by atoms with van der Waals surface area (Å²) >= 11 is 4.58. The van der Waals surface area contributed by atoms with Gasteiger partial charge in [-0.1, -0.05) is 50.1 Å². The molecule has 0 spiro atoms. The van der Waals surface area contributed by atoms with E-state index in [1.165, 1.54) is 41.2 Å². The van der Waals surface area contributed by atoms with E-state index in [9.17, 15) is 19.8 Å². The molecule has 0 atom stereocenters. The zero-order valence-electron chi connectivity index (χ0n) is 23.7. The van der Waals surface area contributed by atoms with Crippen molar-refractivity contribution in [3.05, 3.63) is 81.6 Å². The van der Waals surface area contributed by atoms with Crippen LogP contribution in [0.2, 0.25) is 0 Å². The fourth-order valence-electron chi connectivity index (χ4n) is 4.87. The van der Waals surface area contributed by atoms with Crippen LogP contribution >= 0.6 is 34.4 Å². The lowest BCUT2D eigenvalue weighted by molar-refractivity contribution is -0.133. The minimum Gasteiger partial charge on any atom is -0.477 e. The van der Waals surface area contributed by atoms with Gasteiger partial charge < -0.3 is 15.1 Å². The lowest BCUT2D eigenvalue weighted by Gasteiger charge is -2.33. The maximum absolute atomic E-state index is 11.3. The summed E-state index contributed by atoms with van der Waals surface area (Å²) in [6.45, 7) is 3.09. The molecule has 1 aliphatic heterocycles. The van der Waals surface area contributed by atoms with Crippen LogP contribution in [0.15, 0.2) is 81.6 Å². The lowest BCUT2D eigenvalue weighted by atomic mass is 10.1. The van der Waals surface area contributed by atoms with Gasteiger partial charge in [-0.05, 0) is 78.2 Å². The van der Waals surface area contributed by atoms with Gasteiger partial charge in [0.2, 0.25) is 0 Å². The first-order valence-electron chi connectivity index (χ1n) is 14.0. The zero-order valence-corrected chi connectivity index (χ0v) is 26.2. The highest BCUT2D eigenvalue weighted by Gasteiger charge is 2.25. The maximum atomic E-state index is 11.3. The van der Waals surface area contributed by atoms with Crippen molar-refractivity contribution in [2.75, 3.05) is 11.4 Å². The minimum atomic E-state index is -1.24. The van der Waals surface area contributed by atoms with E-state index in [2.05, 4.69) is 48.2 Å². The average molecular weight is 638 g/mol. The number of fused-ring (bicyclic) bond motifs is 2. The van der Waals surface area contributed by atoms with E-state index >= 15 is 0 Å². The number of thiophene rings is 2. The molecule has 2 N–H and O–H groups in total. The van der Waals surface area contributed by atoms with Crippen molar-refractivity contribution >= 4 is 69.9 Å². The number of carboxylic acid groups (broad SMARTS) is 2. The SMILES string of the molecule is CCCCCCN1c2ccc(-c3ccc(/C=C(/C#N)C(=O)O)s3)cc2Sc2cc(-c3ccc(/C=C(/C#N)C(=O)O)s3)ccc21. The lowest BCUT2D eigenvalue weighted by Crippen LogP contribution is -2.22. The van der Waals surface area contributed by atoms with Crippen LogP contribution in [0.25, 0.3) is 33.0 Å². The van der Waals surface area contributed by atoms with E-state index in [0.29, 0.717) is 9.75 Å². The summed E-state index contributed by atoms with van der Waals surface area (Å²) < 4.78 is 0. The largest absolute Gasteiger partial charge is 0.477 e. The van der Waals surface area contributed by atoms with Crippen LogP contribution in [0.5, 0.6) is 0 Å². The zero-order chi connectivity index (χ0) is 31.2. The first kappa shape index (κ1) is 30.8. The molecule has 220 valence electrons. The van der Waals surface area contributed by atoms with Crippen LogP contribution in [0.3, 0.4) is 0 Å². The number of aliphatic carboxylic acids is 2. The van der Waals surface area contributed by atoms with Crippen LogP contribution < -0.4 is 4.90 Å². The predicted octanol–water partition coefficient (Wildman–Crippen LogP) is 9.31. The molecular weight excluding hydrogens is 611 g/mol. The molecule has 0 saturated carbocycles. The van der Waals surface area contributed by atoms with Gasteiger partial charge in [0.25, 0.3) is 0 Å². The Bertz CT molecular complexity index is 1760. The monoisotopic (exact) mass is 637 g/mol. The smallest absolute Gasteiger partial charge is 0.346 e. The van der Waals surface area contributed by atoms with Gasteiger partial charge in [0.05, 0.1) is 11.4 Å². The Hall–Kier alpha value is -4.61. The Morgan fingerprint density at radius 3 is 1.68 bits per heavy atom. The van der Waals surface area contributed by atoms with E-state index in [-0.39, 0.29) is 11.1 Å². The van der Waals surface area contributed by atoms with Crippen molar-refractivity contribution in [2.24, 2.45) is 0 Å². The maximum Gasteiger partial charge on any atom is 0.346 e. The van der Waals surface area contributed by atoms with Gasteiger partial charge in [-0.25, -0.2) is 9.59 Å². The van der Waals surface area contributed by atoms with Crippen molar-refractivity contribution in [3.63, 3.8) is 0 Å². The van der Waals surface area contributed by atoms with Crippen molar-refractivity contribution in [3.8, 4) is 33.0 Å². The molecule has 7 nitrogen and oxygen atoms in total. The average Bonchev–Trinajstić information content (AvgIpc) is 3.69. The molecule has 0 unspecified atom stereocenters. The summed E-state index contributed by atoms with van der Waals surface area (Å²) in [6.07, 6.45) is 7.37. The van der Waals surface area contributed by atoms with Gasteiger partial charge in [0, 0.05) is 35.8 Å². The van der Waals surface area contributed by atoms with E-state index in [1.54, 1.807) is 23.9 Å². The standard InChI is InChI=1S/C34H27N3O4S3/c1-2-3-4-5-14-37-27-10-6-21(29-12-8-25(42-29)15-23(19-35)33(38)39)17-31(27)44-32-18-22(7-11-28(32)37)30-13-9-26(43-30)16-24(20-36)34(40)41/h6-13,15-18H,2-5,14H2,1H3,(H,38,39)(H,40,41)/b23-15-,24-16-. The summed E-state index contributed by atoms with van der Waals surface area (Å²) in [5.74, 6) is -2.49. The number of anilines is 2. The fourth-order valence-corrected chi connectivity index (χ4v) is 7.94. The third-order valence-electron chi connectivity index (χ3n) is 7.05. The molecule has 10 heteroatoms. The van der Waals surface area contributed by atoms with Gasteiger partial charge in [-0.3, -0.25) is 0 Å². The predicted molar refractivity (Wildman–Crippen MR) is 177 cm³/mol. The highest BCUT2D eigenvalue weighted by atomic mass is 32.2. The summed E-state index contributed by atoms with van der Waals surface area (Å²) in [5, 5.41) is 36.7. The second-order valence-electron chi connectivity index (χ2n) is 10.0. The molecule has 44 heavy (non-hydrogen) atoms. The highest BCUT2D eigenvalue weighted by Crippen LogP contribution is 2.51. The van der Waals surface area contributed by atoms with Crippen molar-refractivity contribution in [1.82, 2.24) is 0 Å². The number of hydrogen-bond acceptors (Lipinski definition) is 8. The van der Waals surface area contributed by atoms with Crippen LogP contribution in [-0.2, 0) is 9.59 Å². The van der Waals surface area contributed by atoms with Crippen LogP contribution in [0.4, 0.5) is 11.4 Å². The van der Waals surface area contributed by atoms with Gasteiger partial charge in [-0.2, -0.15) is 10.5 Å².